The first-order valence-electron chi connectivity index (χ1n) is 10.2. The van der Waals surface area contributed by atoms with Crippen molar-refractivity contribution >= 4 is 40.1 Å². The number of carbonyl (C=O) groups excluding carboxylic acids is 4. The van der Waals surface area contributed by atoms with E-state index in [1.54, 1.807) is 29.2 Å². The van der Waals surface area contributed by atoms with Crippen LogP contribution in [-0.4, -0.2) is 64.2 Å². The van der Waals surface area contributed by atoms with Gasteiger partial charge in [-0.1, -0.05) is 23.5 Å². The highest BCUT2D eigenvalue weighted by Gasteiger charge is 2.37. The van der Waals surface area contributed by atoms with Gasteiger partial charge in [0.05, 0.1) is 23.4 Å². The van der Waals surface area contributed by atoms with Gasteiger partial charge in [-0.15, -0.1) is 0 Å². The number of carbonyl (C=O) groups is 4. The fourth-order valence-electron chi connectivity index (χ4n) is 4.05. The predicted octanol–water partition coefficient (Wildman–Crippen LogP) is 1.44. The van der Waals surface area contributed by atoms with Crippen molar-refractivity contribution in [1.82, 2.24) is 14.8 Å². The molecule has 10 heteroatoms. The van der Waals surface area contributed by atoms with Crippen molar-refractivity contribution in [2.45, 2.75) is 31.9 Å². The summed E-state index contributed by atoms with van der Waals surface area (Å²) in [7, 11) is 0. The lowest BCUT2D eigenvalue weighted by Gasteiger charge is -2.27. The third-order valence-corrected chi connectivity index (χ3v) is 6.71. The van der Waals surface area contributed by atoms with Crippen molar-refractivity contribution in [3.8, 4) is 0 Å². The maximum Gasteiger partial charge on any atom is 0.262 e. The van der Waals surface area contributed by atoms with Gasteiger partial charge in [-0.25, -0.2) is 4.98 Å². The number of hydrogen-bond acceptors (Lipinski definition) is 7. The number of nitrogens with zero attached hydrogens (tertiary/aromatic N) is 3. The summed E-state index contributed by atoms with van der Waals surface area (Å²) >= 11 is 1.34. The standard InChI is InChI=1S/C21H20N4O5S/c26-17(11-25-19(28)12-4-1-2-5-13(12)20(25)29)24-8-7-14-16(10-24)31-21(22-14)23-18(27)15-6-3-9-30-15/h1-2,4-5,15H,3,6-11H2,(H,22,23,27). The molecule has 1 fully saturated rings. The minimum atomic E-state index is -0.441. The molecule has 160 valence electrons. The van der Waals surface area contributed by atoms with E-state index in [9.17, 15) is 19.2 Å². The average molecular weight is 440 g/mol. The Hall–Kier alpha value is -3.11. The molecule has 1 atom stereocenters. The number of ether oxygens (including phenoxy) is 1. The lowest BCUT2D eigenvalue weighted by molar-refractivity contribution is -0.132. The number of imide groups is 1. The second kappa shape index (κ2) is 7.86. The largest absolute Gasteiger partial charge is 0.368 e. The van der Waals surface area contributed by atoms with Gasteiger partial charge in [-0.05, 0) is 25.0 Å². The smallest absolute Gasteiger partial charge is 0.262 e. The zero-order chi connectivity index (χ0) is 21.5. The Bertz CT molecular complexity index is 1060. The van der Waals surface area contributed by atoms with Gasteiger partial charge in [0.25, 0.3) is 17.7 Å². The summed E-state index contributed by atoms with van der Waals surface area (Å²) in [4.78, 5) is 58.1. The van der Waals surface area contributed by atoms with Crippen molar-refractivity contribution in [2.75, 3.05) is 25.0 Å². The van der Waals surface area contributed by atoms with Crippen LogP contribution in [0.2, 0.25) is 0 Å². The normalized spacial score (nSPS) is 20.1. The zero-order valence-corrected chi connectivity index (χ0v) is 17.4. The Labute approximate surface area is 182 Å². The van der Waals surface area contributed by atoms with Crippen LogP contribution in [0.3, 0.4) is 0 Å². The monoisotopic (exact) mass is 440 g/mol. The van der Waals surface area contributed by atoms with Crippen LogP contribution in [0.5, 0.6) is 0 Å². The number of benzene rings is 1. The first kappa shape index (κ1) is 19.8. The molecule has 1 aromatic heterocycles. The fraction of sp³-hybridized carbons (Fsp3) is 0.381. The third-order valence-electron chi connectivity index (χ3n) is 5.71. The Balaban J connectivity index is 1.23. The first-order valence-corrected chi connectivity index (χ1v) is 11.0. The van der Waals surface area contributed by atoms with E-state index in [0.29, 0.717) is 48.8 Å². The summed E-state index contributed by atoms with van der Waals surface area (Å²) in [5.74, 6) is -1.37. The minimum absolute atomic E-state index is 0.192. The molecule has 0 radical (unpaired) electrons. The third kappa shape index (κ3) is 3.61. The van der Waals surface area contributed by atoms with E-state index < -0.39 is 17.9 Å². The molecular formula is C21H20N4O5S. The topological polar surface area (TPSA) is 109 Å². The fourth-order valence-corrected chi connectivity index (χ4v) is 5.08. The molecular weight excluding hydrogens is 420 g/mol. The number of hydrogen-bond donors (Lipinski definition) is 1. The second-order valence-corrected chi connectivity index (χ2v) is 8.77. The van der Waals surface area contributed by atoms with E-state index in [1.165, 1.54) is 11.3 Å². The van der Waals surface area contributed by atoms with Crippen molar-refractivity contribution in [2.24, 2.45) is 0 Å². The molecule has 9 nitrogen and oxygen atoms in total. The number of thiazole rings is 1. The van der Waals surface area contributed by atoms with Crippen LogP contribution in [0.25, 0.3) is 0 Å². The van der Waals surface area contributed by atoms with Crippen LogP contribution < -0.4 is 5.32 Å². The van der Waals surface area contributed by atoms with Crippen LogP contribution in [0.1, 0.15) is 44.1 Å². The molecule has 0 saturated carbocycles. The summed E-state index contributed by atoms with van der Waals surface area (Å²) in [6, 6.07) is 6.58. The Morgan fingerprint density at radius 2 is 1.94 bits per heavy atom. The molecule has 31 heavy (non-hydrogen) atoms. The highest BCUT2D eigenvalue weighted by atomic mass is 32.1. The maximum atomic E-state index is 12.8. The molecule has 1 N–H and O–H groups in total. The molecule has 5 rings (SSSR count). The quantitative estimate of drug-likeness (QED) is 0.721. The summed E-state index contributed by atoms with van der Waals surface area (Å²) in [5, 5.41) is 3.31. The summed E-state index contributed by atoms with van der Waals surface area (Å²) in [6.07, 6.45) is 1.70. The number of amides is 4. The summed E-state index contributed by atoms with van der Waals surface area (Å²) < 4.78 is 5.39. The van der Waals surface area contributed by atoms with Crippen molar-refractivity contribution in [3.63, 3.8) is 0 Å². The molecule has 3 aliphatic heterocycles. The van der Waals surface area contributed by atoms with E-state index in [1.807, 2.05) is 0 Å². The Morgan fingerprint density at radius 1 is 1.19 bits per heavy atom. The minimum Gasteiger partial charge on any atom is -0.368 e. The lowest BCUT2D eigenvalue weighted by atomic mass is 10.1. The highest BCUT2D eigenvalue weighted by molar-refractivity contribution is 7.15. The van der Waals surface area contributed by atoms with E-state index in [2.05, 4.69) is 10.3 Å². The number of aromatic nitrogens is 1. The van der Waals surface area contributed by atoms with Crippen LogP contribution in [0.15, 0.2) is 24.3 Å². The maximum absolute atomic E-state index is 12.8. The van der Waals surface area contributed by atoms with E-state index in [4.69, 9.17) is 4.74 Å². The van der Waals surface area contributed by atoms with Crippen LogP contribution >= 0.6 is 11.3 Å². The van der Waals surface area contributed by atoms with Crippen LogP contribution in [-0.2, 0) is 27.3 Å². The van der Waals surface area contributed by atoms with Gasteiger partial charge in [0, 0.05) is 24.4 Å². The Morgan fingerprint density at radius 3 is 2.61 bits per heavy atom. The van der Waals surface area contributed by atoms with Crippen LogP contribution in [0.4, 0.5) is 5.13 Å². The van der Waals surface area contributed by atoms with Gasteiger partial charge >= 0.3 is 0 Å². The number of nitrogens with one attached hydrogen (secondary N) is 1. The molecule has 1 aromatic carbocycles. The predicted molar refractivity (Wildman–Crippen MR) is 111 cm³/mol. The van der Waals surface area contributed by atoms with E-state index in [0.717, 1.165) is 21.9 Å². The molecule has 1 saturated heterocycles. The van der Waals surface area contributed by atoms with Crippen molar-refractivity contribution in [3.05, 3.63) is 46.0 Å². The van der Waals surface area contributed by atoms with Gasteiger partial charge in [-0.3, -0.25) is 29.4 Å². The summed E-state index contributed by atoms with van der Waals surface area (Å²) in [5.41, 5.74) is 1.52. The highest BCUT2D eigenvalue weighted by Crippen LogP contribution is 2.29. The molecule has 1 unspecified atom stereocenters. The zero-order valence-electron chi connectivity index (χ0n) is 16.6. The Kier molecular flexibility index (Phi) is 5.03. The average Bonchev–Trinajstić information content (AvgIpc) is 3.49. The first-order chi connectivity index (χ1) is 15.0. The summed E-state index contributed by atoms with van der Waals surface area (Å²) in [6.45, 7) is 1.09. The van der Waals surface area contributed by atoms with E-state index >= 15 is 0 Å². The molecule has 0 spiro atoms. The van der Waals surface area contributed by atoms with Gasteiger partial charge in [0.2, 0.25) is 5.91 Å². The molecule has 0 bridgehead atoms. The number of rotatable bonds is 4. The van der Waals surface area contributed by atoms with Gasteiger partial charge in [-0.2, -0.15) is 0 Å². The van der Waals surface area contributed by atoms with Crippen molar-refractivity contribution < 1.29 is 23.9 Å². The van der Waals surface area contributed by atoms with Crippen LogP contribution in [0, 0.1) is 0 Å². The van der Waals surface area contributed by atoms with Gasteiger partial charge < -0.3 is 9.64 Å². The number of anilines is 1. The SMILES string of the molecule is O=C(Nc1nc2c(s1)CN(C(=O)CN1C(=O)c3ccccc3C1=O)CC2)C1CCCO1. The van der Waals surface area contributed by atoms with Crippen molar-refractivity contribution in [1.29, 1.82) is 0 Å². The van der Waals surface area contributed by atoms with Gasteiger partial charge in [0.1, 0.15) is 12.6 Å². The lowest BCUT2D eigenvalue weighted by Crippen LogP contribution is -2.44. The van der Waals surface area contributed by atoms with Gasteiger partial charge in [0.15, 0.2) is 5.13 Å². The second-order valence-electron chi connectivity index (χ2n) is 7.69. The molecule has 2 aromatic rings. The molecule has 3 aliphatic rings. The molecule has 0 aliphatic carbocycles. The van der Waals surface area contributed by atoms with E-state index in [-0.39, 0.29) is 18.4 Å². The molecule has 4 amide bonds. The molecule has 4 heterocycles. The number of fused-ring (bicyclic) bond motifs is 2.